The molecule has 3 aromatic heterocycles. The van der Waals surface area contributed by atoms with Crippen LogP contribution in [0.2, 0.25) is 0 Å². The molecule has 3 aromatic rings. The standard InChI is InChI=1S/C25H32N4O4S/c1-5-15(2)24(30)28-21-19-11-17(26-13-20-16(3)8-10-34-20)12-27-23(19)29(22(21)25(31)32-4)14-18-7-6-9-33-18/h8,10-12,15,18,26H,5-7,9,13-14H2,1-4H3,(H,28,30). The molecule has 0 bridgehead atoms. The van der Waals surface area contributed by atoms with Gasteiger partial charge in [-0.1, -0.05) is 13.8 Å². The van der Waals surface area contributed by atoms with Crippen LogP contribution < -0.4 is 10.6 Å². The van der Waals surface area contributed by atoms with Crippen LogP contribution in [-0.2, 0) is 27.4 Å². The number of amides is 1. The number of rotatable bonds is 9. The number of hydrogen-bond acceptors (Lipinski definition) is 7. The molecule has 8 nitrogen and oxygen atoms in total. The highest BCUT2D eigenvalue weighted by Crippen LogP contribution is 2.34. The van der Waals surface area contributed by atoms with E-state index in [9.17, 15) is 9.59 Å². The van der Waals surface area contributed by atoms with Crippen molar-refractivity contribution in [2.24, 2.45) is 5.92 Å². The van der Waals surface area contributed by atoms with Crippen LogP contribution in [0.5, 0.6) is 0 Å². The first-order valence-electron chi connectivity index (χ1n) is 11.7. The minimum Gasteiger partial charge on any atom is -0.464 e. The number of esters is 1. The van der Waals surface area contributed by atoms with E-state index in [0.717, 1.165) is 18.5 Å². The van der Waals surface area contributed by atoms with Gasteiger partial charge >= 0.3 is 5.97 Å². The molecule has 182 valence electrons. The molecule has 34 heavy (non-hydrogen) atoms. The lowest BCUT2D eigenvalue weighted by Gasteiger charge is -2.15. The first-order valence-corrected chi connectivity index (χ1v) is 12.6. The maximum absolute atomic E-state index is 12.9. The van der Waals surface area contributed by atoms with Crippen molar-refractivity contribution in [1.82, 2.24) is 9.55 Å². The van der Waals surface area contributed by atoms with Crippen molar-refractivity contribution < 1.29 is 19.1 Å². The molecule has 0 saturated carbocycles. The summed E-state index contributed by atoms with van der Waals surface area (Å²) in [6.07, 6.45) is 4.34. The second-order valence-electron chi connectivity index (χ2n) is 8.73. The van der Waals surface area contributed by atoms with Gasteiger partial charge in [-0.15, -0.1) is 11.3 Å². The van der Waals surface area contributed by atoms with E-state index in [2.05, 4.69) is 29.0 Å². The highest BCUT2D eigenvalue weighted by atomic mass is 32.1. The van der Waals surface area contributed by atoms with Gasteiger partial charge in [-0.3, -0.25) is 4.79 Å². The molecule has 2 N–H and O–H groups in total. The van der Waals surface area contributed by atoms with E-state index in [1.807, 2.05) is 24.5 Å². The number of thiophene rings is 1. The molecule has 2 unspecified atom stereocenters. The summed E-state index contributed by atoms with van der Waals surface area (Å²) in [5.41, 5.74) is 3.40. The summed E-state index contributed by atoms with van der Waals surface area (Å²) >= 11 is 1.70. The van der Waals surface area contributed by atoms with E-state index in [-0.39, 0.29) is 17.9 Å². The second kappa shape index (κ2) is 10.6. The third kappa shape index (κ3) is 4.95. The summed E-state index contributed by atoms with van der Waals surface area (Å²) in [5, 5.41) is 9.20. The van der Waals surface area contributed by atoms with Crippen LogP contribution in [0, 0.1) is 12.8 Å². The van der Waals surface area contributed by atoms with Crippen LogP contribution in [0.15, 0.2) is 23.7 Å². The zero-order chi connectivity index (χ0) is 24.2. The van der Waals surface area contributed by atoms with Crippen LogP contribution in [0.4, 0.5) is 11.4 Å². The number of ether oxygens (including phenoxy) is 2. The average molecular weight is 485 g/mol. The van der Waals surface area contributed by atoms with E-state index < -0.39 is 5.97 Å². The predicted octanol–water partition coefficient (Wildman–Crippen LogP) is 4.97. The number of fused-ring (bicyclic) bond motifs is 1. The van der Waals surface area contributed by atoms with Crippen LogP contribution in [0.3, 0.4) is 0 Å². The number of pyridine rings is 1. The number of carbonyl (C=O) groups is 2. The molecule has 1 aliphatic heterocycles. The van der Waals surface area contributed by atoms with Gasteiger partial charge in [0.15, 0.2) is 5.69 Å². The number of nitrogens with one attached hydrogen (secondary N) is 2. The van der Waals surface area contributed by atoms with Crippen LogP contribution >= 0.6 is 11.3 Å². The Morgan fingerprint density at radius 2 is 2.24 bits per heavy atom. The summed E-state index contributed by atoms with van der Waals surface area (Å²) < 4.78 is 12.8. The molecule has 1 saturated heterocycles. The third-order valence-corrected chi connectivity index (χ3v) is 7.44. The number of methoxy groups -OCH3 is 1. The van der Waals surface area contributed by atoms with Gasteiger partial charge in [0.25, 0.3) is 0 Å². The first-order chi connectivity index (χ1) is 16.4. The molecular formula is C25H32N4O4S. The fourth-order valence-electron chi connectivity index (χ4n) is 4.13. The Labute approximate surface area is 203 Å². The number of nitrogens with zero attached hydrogens (tertiary/aromatic N) is 2. The Kier molecular flexibility index (Phi) is 7.53. The lowest BCUT2D eigenvalue weighted by molar-refractivity contribution is -0.119. The number of hydrogen-bond donors (Lipinski definition) is 2. The van der Waals surface area contributed by atoms with E-state index in [1.165, 1.54) is 17.6 Å². The number of carbonyl (C=O) groups excluding carboxylic acids is 2. The van der Waals surface area contributed by atoms with Crippen LogP contribution in [-0.4, -0.2) is 41.2 Å². The molecule has 0 aliphatic carbocycles. The van der Waals surface area contributed by atoms with Gasteiger partial charge in [-0.2, -0.15) is 0 Å². The minimum absolute atomic E-state index is 0.0153. The fraction of sp³-hybridized carbons (Fsp3) is 0.480. The van der Waals surface area contributed by atoms with Gasteiger partial charge in [-0.25, -0.2) is 9.78 Å². The molecule has 4 rings (SSSR count). The molecule has 0 radical (unpaired) electrons. The SMILES string of the molecule is CCC(C)C(=O)Nc1c(C(=O)OC)n(CC2CCCO2)c2ncc(NCc3sccc3C)cc12. The predicted molar refractivity (Wildman–Crippen MR) is 135 cm³/mol. The van der Waals surface area contributed by atoms with Crippen molar-refractivity contribution in [2.45, 2.75) is 59.2 Å². The van der Waals surface area contributed by atoms with Gasteiger partial charge in [0.2, 0.25) is 5.91 Å². The molecule has 1 fully saturated rings. The normalized spacial score (nSPS) is 16.5. The lowest BCUT2D eigenvalue weighted by atomic mass is 10.1. The zero-order valence-electron chi connectivity index (χ0n) is 20.1. The van der Waals surface area contributed by atoms with E-state index >= 15 is 0 Å². The minimum atomic E-state index is -0.515. The summed E-state index contributed by atoms with van der Waals surface area (Å²) in [4.78, 5) is 31.8. The Balaban J connectivity index is 1.78. The number of aromatic nitrogens is 2. The maximum Gasteiger partial charge on any atom is 0.356 e. The Morgan fingerprint density at radius 1 is 1.41 bits per heavy atom. The highest BCUT2D eigenvalue weighted by Gasteiger charge is 2.29. The third-order valence-electron chi connectivity index (χ3n) is 6.42. The summed E-state index contributed by atoms with van der Waals surface area (Å²) in [5.74, 6) is -0.853. The number of aryl methyl sites for hydroxylation is 1. The van der Waals surface area contributed by atoms with Gasteiger partial charge < -0.3 is 24.7 Å². The molecule has 2 atom stereocenters. The molecule has 1 amide bonds. The Hall–Kier alpha value is -2.91. The van der Waals surface area contributed by atoms with E-state index in [0.29, 0.717) is 48.5 Å². The van der Waals surface area contributed by atoms with Crippen molar-refractivity contribution in [3.05, 3.63) is 39.8 Å². The Bertz CT molecular complexity index is 1180. The summed E-state index contributed by atoms with van der Waals surface area (Å²) in [6.45, 7) is 7.76. The van der Waals surface area contributed by atoms with Crippen molar-refractivity contribution in [3.8, 4) is 0 Å². The van der Waals surface area contributed by atoms with Crippen molar-refractivity contribution in [1.29, 1.82) is 0 Å². The van der Waals surface area contributed by atoms with Crippen molar-refractivity contribution >= 4 is 45.6 Å². The smallest absolute Gasteiger partial charge is 0.356 e. The largest absolute Gasteiger partial charge is 0.464 e. The summed E-state index contributed by atoms with van der Waals surface area (Å²) in [7, 11) is 1.35. The molecule has 1 aliphatic rings. The maximum atomic E-state index is 12.9. The Morgan fingerprint density at radius 3 is 2.88 bits per heavy atom. The monoisotopic (exact) mass is 484 g/mol. The second-order valence-corrected chi connectivity index (χ2v) is 9.74. The van der Waals surface area contributed by atoms with Crippen LogP contribution in [0.25, 0.3) is 11.0 Å². The first kappa shape index (κ1) is 24.2. The fourth-order valence-corrected chi connectivity index (χ4v) is 4.97. The zero-order valence-corrected chi connectivity index (χ0v) is 21.0. The van der Waals surface area contributed by atoms with Gasteiger partial charge in [0.05, 0.1) is 37.3 Å². The topological polar surface area (TPSA) is 94.5 Å². The molecule has 9 heteroatoms. The number of anilines is 2. The molecule has 4 heterocycles. The van der Waals surface area contributed by atoms with E-state index in [4.69, 9.17) is 14.5 Å². The molecule has 0 aromatic carbocycles. The highest BCUT2D eigenvalue weighted by molar-refractivity contribution is 7.10. The lowest BCUT2D eigenvalue weighted by Crippen LogP contribution is -2.23. The molecule has 0 spiro atoms. The van der Waals surface area contributed by atoms with Crippen LogP contribution in [0.1, 0.15) is 54.0 Å². The van der Waals surface area contributed by atoms with Crippen molar-refractivity contribution in [3.63, 3.8) is 0 Å². The quantitative estimate of drug-likeness (QED) is 0.417. The average Bonchev–Trinajstić information content (AvgIpc) is 3.57. The van der Waals surface area contributed by atoms with Gasteiger partial charge in [0.1, 0.15) is 5.65 Å². The summed E-state index contributed by atoms with van der Waals surface area (Å²) in [6, 6.07) is 4.04. The van der Waals surface area contributed by atoms with Crippen molar-refractivity contribution in [2.75, 3.05) is 24.4 Å². The van der Waals surface area contributed by atoms with Gasteiger partial charge in [0, 0.05) is 29.3 Å². The van der Waals surface area contributed by atoms with Gasteiger partial charge in [-0.05, 0) is 49.3 Å². The molecular weight excluding hydrogens is 452 g/mol. The van der Waals surface area contributed by atoms with E-state index in [1.54, 1.807) is 17.5 Å².